The molecule has 4 nitrogen and oxygen atoms in total. The average Bonchev–Trinajstić information content (AvgIpc) is 2.44. The first kappa shape index (κ1) is 16.4. The first-order valence-corrected chi connectivity index (χ1v) is 7.00. The molecule has 0 aliphatic heterocycles. The van der Waals surface area contributed by atoms with E-state index in [-0.39, 0.29) is 11.7 Å². The molecule has 110 valence electrons. The first-order chi connectivity index (χ1) is 9.45. The molecule has 0 saturated carbocycles. The Morgan fingerprint density at radius 2 is 1.90 bits per heavy atom. The van der Waals surface area contributed by atoms with Gasteiger partial charge in [0.25, 0.3) is 0 Å². The molecule has 2 N–H and O–H groups in total. The maximum absolute atomic E-state index is 11.8. The second-order valence-electron chi connectivity index (χ2n) is 5.16. The van der Waals surface area contributed by atoms with E-state index in [9.17, 15) is 4.79 Å². The second-order valence-corrected chi connectivity index (χ2v) is 5.16. The molecule has 0 radical (unpaired) electrons. The minimum absolute atomic E-state index is 0.0233. The number of ketones is 1. The van der Waals surface area contributed by atoms with Crippen molar-refractivity contribution in [3.8, 4) is 0 Å². The third-order valence-electron chi connectivity index (χ3n) is 3.09. The van der Waals surface area contributed by atoms with Crippen molar-refractivity contribution in [2.45, 2.75) is 40.2 Å². The van der Waals surface area contributed by atoms with Crippen molar-refractivity contribution in [1.29, 1.82) is 0 Å². The van der Waals surface area contributed by atoms with Crippen LogP contribution in [0.1, 0.15) is 38.8 Å². The normalized spacial score (nSPS) is 13.4. The highest BCUT2D eigenvalue weighted by Crippen LogP contribution is 2.10. The van der Waals surface area contributed by atoms with E-state index in [4.69, 9.17) is 10.6 Å². The Hall–Kier alpha value is -1.68. The molecule has 0 heterocycles. The lowest BCUT2D eigenvalue weighted by atomic mass is 9.96. The number of carbonyl (C=O) groups excluding carboxylic acids is 1. The SMILES string of the molecule is CCO/N=C(/C)c1ccc(CC(N)C(=O)C(C)C)cc1. The minimum atomic E-state index is -0.431. The Labute approximate surface area is 121 Å². The molecule has 1 rings (SSSR count). The van der Waals surface area contributed by atoms with Crippen LogP contribution in [0, 0.1) is 5.92 Å². The number of hydrogen-bond donors (Lipinski definition) is 1. The summed E-state index contributed by atoms with van der Waals surface area (Å²) in [7, 11) is 0. The molecule has 1 unspecified atom stereocenters. The van der Waals surface area contributed by atoms with Gasteiger partial charge in [-0.25, -0.2) is 0 Å². The van der Waals surface area contributed by atoms with Crippen molar-refractivity contribution in [3.05, 3.63) is 35.4 Å². The number of Topliss-reactive ketones (excluding diaryl/α,β-unsaturated/α-hetero) is 1. The number of rotatable bonds is 7. The second kappa shape index (κ2) is 7.80. The zero-order valence-electron chi connectivity index (χ0n) is 12.7. The van der Waals surface area contributed by atoms with Crippen LogP contribution in [0.5, 0.6) is 0 Å². The van der Waals surface area contributed by atoms with E-state index in [0.29, 0.717) is 13.0 Å². The lowest BCUT2D eigenvalue weighted by Crippen LogP contribution is -2.35. The summed E-state index contributed by atoms with van der Waals surface area (Å²) in [6.45, 7) is 8.10. The largest absolute Gasteiger partial charge is 0.396 e. The average molecular weight is 276 g/mol. The quantitative estimate of drug-likeness (QED) is 0.615. The smallest absolute Gasteiger partial charge is 0.152 e. The summed E-state index contributed by atoms with van der Waals surface area (Å²) in [4.78, 5) is 16.8. The van der Waals surface area contributed by atoms with Gasteiger partial charge in [0.05, 0.1) is 11.8 Å². The standard InChI is InChI=1S/C16H24N2O2/c1-5-20-18-12(4)14-8-6-13(7-9-14)10-15(17)16(19)11(2)3/h6-9,11,15H,5,10,17H2,1-4H3/b18-12-. The Balaban J connectivity index is 2.70. The summed E-state index contributed by atoms with van der Waals surface area (Å²) in [5.41, 5.74) is 8.82. The van der Waals surface area contributed by atoms with Crippen molar-refractivity contribution in [2.75, 3.05) is 6.61 Å². The van der Waals surface area contributed by atoms with Gasteiger partial charge in [0.1, 0.15) is 6.61 Å². The highest BCUT2D eigenvalue weighted by molar-refractivity contribution is 5.98. The zero-order chi connectivity index (χ0) is 15.1. The van der Waals surface area contributed by atoms with Gasteiger partial charge in [0, 0.05) is 5.92 Å². The zero-order valence-corrected chi connectivity index (χ0v) is 12.7. The molecule has 0 spiro atoms. The van der Waals surface area contributed by atoms with Crippen LogP contribution in [0.15, 0.2) is 29.4 Å². The molecule has 0 saturated heterocycles. The van der Waals surface area contributed by atoms with E-state index in [1.807, 2.05) is 52.0 Å². The predicted octanol–water partition coefficient (Wildman–Crippen LogP) is 2.54. The van der Waals surface area contributed by atoms with Gasteiger partial charge in [0.15, 0.2) is 5.78 Å². The minimum Gasteiger partial charge on any atom is -0.396 e. The van der Waals surface area contributed by atoms with E-state index in [1.54, 1.807) is 0 Å². The number of benzene rings is 1. The molecule has 0 fully saturated rings. The predicted molar refractivity (Wildman–Crippen MR) is 81.8 cm³/mol. The van der Waals surface area contributed by atoms with Gasteiger partial charge in [-0.15, -0.1) is 0 Å². The molecule has 20 heavy (non-hydrogen) atoms. The fourth-order valence-electron chi connectivity index (χ4n) is 1.88. The van der Waals surface area contributed by atoms with E-state index in [1.165, 1.54) is 0 Å². The van der Waals surface area contributed by atoms with E-state index < -0.39 is 6.04 Å². The van der Waals surface area contributed by atoms with Gasteiger partial charge in [0.2, 0.25) is 0 Å². The monoisotopic (exact) mass is 276 g/mol. The van der Waals surface area contributed by atoms with Crippen LogP contribution < -0.4 is 5.73 Å². The van der Waals surface area contributed by atoms with Crippen molar-refractivity contribution < 1.29 is 9.63 Å². The van der Waals surface area contributed by atoms with Crippen LogP contribution in [0.3, 0.4) is 0 Å². The van der Waals surface area contributed by atoms with Gasteiger partial charge in [-0.05, 0) is 31.4 Å². The highest BCUT2D eigenvalue weighted by atomic mass is 16.6. The highest BCUT2D eigenvalue weighted by Gasteiger charge is 2.17. The van der Waals surface area contributed by atoms with Gasteiger partial charge in [-0.2, -0.15) is 0 Å². The summed E-state index contributed by atoms with van der Waals surface area (Å²) in [5, 5.41) is 3.99. The number of nitrogens with two attached hydrogens (primary N) is 1. The Morgan fingerprint density at radius 3 is 2.40 bits per heavy atom. The van der Waals surface area contributed by atoms with E-state index >= 15 is 0 Å². The summed E-state index contributed by atoms with van der Waals surface area (Å²) in [6, 6.07) is 7.47. The van der Waals surface area contributed by atoms with Crippen molar-refractivity contribution in [1.82, 2.24) is 0 Å². The summed E-state index contributed by atoms with van der Waals surface area (Å²) < 4.78 is 0. The maximum Gasteiger partial charge on any atom is 0.152 e. The molecule has 0 bridgehead atoms. The molecule has 1 atom stereocenters. The molecule has 4 heteroatoms. The van der Waals surface area contributed by atoms with Gasteiger partial charge in [-0.3, -0.25) is 4.79 Å². The number of nitrogens with zero attached hydrogens (tertiary/aromatic N) is 1. The lowest BCUT2D eigenvalue weighted by molar-refractivity contribution is -0.123. The topological polar surface area (TPSA) is 64.7 Å². The third-order valence-corrected chi connectivity index (χ3v) is 3.09. The van der Waals surface area contributed by atoms with Crippen molar-refractivity contribution in [2.24, 2.45) is 16.8 Å². The molecule has 1 aromatic rings. The van der Waals surface area contributed by atoms with Crippen LogP contribution >= 0.6 is 0 Å². The van der Waals surface area contributed by atoms with Crippen LogP contribution in [0.4, 0.5) is 0 Å². The molecular formula is C16H24N2O2. The van der Waals surface area contributed by atoms with E-state index in [2.05, 4.69) is 5.16 Å². The molecular weight excluding hydrogens is 252 g/mol. The first-order valence-electron chi connectivity index (χ1n) is 7.00. The van der Waals surface area contributed by atoms with Gasteiger partial charge < -0.3 is 10.6 Å². The Kier molecular flexibility index (Phi) is 6.39. The number of carbonyl (C=O) groups is 1. The summed E-state index contributed by atoms with van der Waals surface area (Å²) in [6.07, 6.45) is 0.568. The van der Waals surface area contributed by atoms with Crippen LogP contribution in [0.2, 0.25) is 0 Å². The van der Waals surface area contributed by atoms with Crippen molar-refractivity contribution >= 4 is 11.5 Å². The molecule has 0 aliphatic carbocycles. The van der Waals surface area contributed by atoms with Crippen LogP contribution in [0.25, 0.3) is 0 Å². The molecule has 1 aromatic carbocycles. The Morgan fingerprint density at radius 1 is 1.30 bits per heavy atom. The summed E-state index contributed by atoms with van der Waals surface area (Å²) >= 11 is 0. The fourth-order valence-corrected chi connectivity index (χ4v) is 1.88. The Bertz CT molecular complexity index is 464. The van der Waals surface area contributed by atoms with Crippen LogP contribution in [-0.2, 0) is 16.1 Å². The number of oxime groups is 1. The number of hydrogen-bond acceptors (Lipinski definition) is 4. The van der Waals surface area contributed by atoms with Crippen molar-refractivity contribution in [3.63, 3.8) is 0 Å². The van der Waals surface area contributed by atoms with Gasteiger partial charge in [-0.1, -0.05) is 43.3 Å². The van der Waals surface area contributed by atoms with Gasteiger partial charge >= 0.3 is 0 Å². The third kappa shape index (κ3) is 4.78. The fraction of sp³-hybridized carbons (Fsp3) is 0.500. The molecule has 0 aromatic heterocycles. The van der Waals surface area contributed by atoms with E-state index in [0.717, 1.165) is 16.8 Å². The van der Waals surface area contributed by atoms with Crippen LogP contribution in [-0.4, -0.2) is 24.1 Å². The maximum atomic E-state index is 11.8. The lowest BCUT2D eigenvalue weighted by Gasteiger charge is -2.13. The molecule has 0 aliphatic rings. The molecule has 0 amide bonds. The summed E-state index contributed by atoms with van der Waals surface area (Å²) in [5.74, 6) is 0.0769.